The molecule has 0 amide bonds. The van der Waals surface area contributed by atoms with Crippen molar-refractivity contribution >= 4 is 62.2 Å². The van der Waals surface area contributed by atoms with Gasteiger partial charge in [-0.05, 0) is 35.0 Å². The third-order valence-corrected chi connectivity index (χ3v) is 4.88. The summed E-state index contributed by atoms with van der Waals surface area (Å²) in [4.78, 5) is 8.62. The molecule has 0 saturated heterocycles. The van der Waals surface area contributed by atoms with Crippen LogP contribution in [0.5, 0.6) is 0 Å². The number of rotatable bonds is 3. The molecule has 7 heteroatoms. The molecule has 0 bridgehead atoms. The van der Waals surface area contributed by atoms with E-state index in [4.69, 9.17) is 34.8 Å². The molecule has 1 aromatic heterocycles. The average molecular weight is 396 g/mol. The number of halogens is 4. The molecule has 1 N–H and O–H groups in total. The highest BCUT2D eigenvalue weighted by Crippen LogP contribution is 2.37. The summed E-state index contributed by atoms with van der Waals surface area (Å²) in [6, 6.07) is 3.63. The van der Waals surface area contributed by atoms with Gasteiger partial charge in [-0.2, -0.15) is 0 Å². The van der Waals surface area contributed by atoms with E-state index in [-0.39, 0.29) is 0 Å². The maximum Gasteiger partial charge on any atom is 0.138 e. The van der Waals surface area contributed by atoms with Gasteiger partial charge in [-0.25, -0.2) is 9.97 Å². The average Bonchev–Trinajstić information content (AvgIpc) is 2.44. The van der Waals surface area contributed by atoms with Crippen LogP contribution in [0.3, 0.4) is 0 Å². The van der Waals surface area contributed by atoms with Crippen molar-refractivity contribution in [3.8, 4) is 0 Å². The monoisotopic (exact) mass is 393 g/mol. The summed E-state index contributed by atoms with van der Waals surface area (Å²) < 4.78 is 0.737. The standard InChI is InChI=1S/C13H11BrCl3N3/c1-3-9-19-12(17)6(2)13(20-9)18-8-5-4-7(14)10(15)11(8)16/h4-5H,3H2,1-2H3,(H,18,19,20). The molecule has 1 heterocycles. The van der Waals surface area contributed by atoms with Crippen molar-refractivity contribution < 1.29 is 0 Å². The first kappa shape index (κ1) is 15.8. The second-order valence-corrected chi connectivity index (χ2v) is 6.07. The number of nitrogens with one attached hydrogen (secondary N) is 1. The summed E-state index contributed by atoms with van der Waals surface area (Å²) in [6.07, 6.45) is 0.698. The lowest BCUT2D eigenvalue weighted by Gasteiger charge is -2.13. The number of benzene rings is 1. The molecule has 20 heavy (non-hydrogen) atoms. The van der Waals surface area contributed by atoms with Crippen molar-refractivity contribution in [3.05, 3.63) is 43.2 Å². The number of hydrogen-bond acceptors (Lipinski definition) is 3. The molecule has 0 atom stereocenters. The van der Waals surface area contributed by atoms with Crippen molar-refractivity contribution in [2.45, 2.75) is 20.3 Å². The lowest BCUT2D eigenvalue weighted by Crippen LogP contribution is -2.03. The molecule has 0 saturated carbocycles. The van der Waals surface area contributed by atoms with Gasteiger partial charge >= 0.3 is 0 Å². The summed E-state index contributed by atoms with van der Waals surface area (Å²) in [6.45, 7) is 3.81. The highest BCUT2D eigenvalue weighted by molar-refractivity contribution is 9.10. The van der Waals surface area contributed by atoms with Crippen molar-refractivity contribution in [1.82, 2.24) is 9.97 Å². The van der Waals surface area contributed by atoms with Crippen molar-refractivity contribution in [2.75, 3.05) is 5.32 Å². The van der Waals surface area contributed by atoms with E-state index in [1.165, 1.54) is 0 Å². The van der Waals surface area contributed by atoms with E-state index in [2.05, 4.69) is 31.2 Å². The minimum absolute atomic E-state index is 0.424. The van der Waals surface area contributed by atoms with Gasteiger partial charge in [0.15, 0.2) is 0 Å². The topological polar surface area (TPSA) is 37.8 Å². The summed E-state index contributed by atoms with van der Waals surface area (Å²) in [5, 5.41) is 4.45. The van der Waals surface area contributed by atoms with Crippen LogP contribution in [0.15, 0.2) is 16.6 Å². The maximum absolute atomic E-state index is 6.21. The van der Waals surface area contributed by atoms with Crippen LogP contribution in [-0.2, 0) is 6.42 Å². The molecule has 0 radical (unpaired) electrons. The van der Waals surface area contributed by atoms with Crippen LogP contribution in [0, 0.1) is 6.92 Å². The van der Waals surface area contributed by atoms with E-state index in [1.54, 1.807) is 0 Å². The highest BCUT2D eigenvalue weighted by atomic mass is 79.9. The lowest BCUT2D eigenvalue weighted by molar-refractivity contribution is 0.934. The molecule has 1 aromatic carbocycles. The normalized spacial score (nSPS) is 10.7. The van der Waals surface area contributed by atoms with Crippen molar-refractivity contribution in [1.29, 1.82) is 0 Å². The van der Waals surface area contributed by atoms with E-state index in [9.17, 15) is 0 Å². The van der Waals surface area contributed by atoms with Crippen LogP contribution in [0.1, 0.15) is 18.3 Å². The fourth-order valence-electron chi connectivity index (χ4n) is 1.56. The second kappa shape index (κ2) is 6.48. The van der Waals surface area contributed by atoms with Crippen molar-refractivity contribution in [3.63, 3.8) is 0 Å². The Morgan fingerprint density at radius 2 is 1.85 bits per heavy atom. The molecule has 0 aliphatic heterocycles. The Bertz CT molecular complexity index is 662. The number of aromatic nitrogens is 2. The Morgan fingerprint density at radius 1 is 1.15 bits per heavy atom. The van der Waals surface area contributed by atoms with E-state index in [0.717, 1.165) is 10.0 Å². The van der Waals surface area contributed by atoms with Crippen LogP contribution < -0.4 is 5.32 Å². The third kappa shape index (κ3) is 3.19. The molecule has 2 aromatic rings. The van der Waals surface area contributed by atoms with E-state index >= 15 is 0 Å². The molecule has 2 rings (SSSR count). The predicted molar refractivity (Wildman–Crippen MR) is 88.6 cm³/mol. The summed E-state index contributed by atoms with van der Waals surface area (Å²) in [5.41, 5.74) is 1.43. The Labute approximate surface area is 140 Å². The zero-order chi connectivity index (χ0) is 14.9. The van der Waals surface area contributed by atoms with Crippen LogP contribution in [0.25, 0.3) is 0 Å². The number of hydrogen-bond donors (Lipinski definition) is 1. The zero-order valence-corrected chi connectivity index (χ0v) is 14.6. The molecular weight excluding hydrogens is 384 g/mol. The van der Waals surface area contributed by atoms with Crippen LogP contribution in [-0.4, -0.2) is 9.97 Å². The van der Waals surface area contributed by atoms with Crippen LogP contribution in [0.2, 0.25) is 15.2 Å². The van der Waals surface area contributed by atoms with Crippen molar-refractivity contribution in [2.24, 2.45) is 0 Å². The zero-order valence-electron chi connectivity index (χ0n) is 10.8. The molecule has 0 fully saturated rings. The smallest absolute Gasteiger partial charge is 0.138 e. The van der Waals surface area contributed by atoms with Gasteiger partial charge in [0.25, 0.3) is 0 Å². The van der Waals surface area contributed by atoms with Gasteiger partial charge in [-0.15, -0.1) is 0 Å². The first-order valence-electron chi connectivity index (χ1n) is 5.87. The summed E-state index contributed by atoms with van der Waals surface area (Å²) in [5.74, 6) is 1.30. The van der Waals surface area contributed by atoms with Gasteiger partial charge < -0.3 is 5.32 Å². The van der Waals surface area contributed by atoms with Gasteiger partial charge in [0.05, 0.1) is 15.7 Å². The Balaban J connectivity index is 2.45. The lowest BCUT2D eigenvalue weighted by atomic mass is 10.3. The van der Waals surface area contributed by atoms with Gasteiger partial charge in [-0.1, -0.05) is 41.7 Å². The number of aryl methyl sites for hydroxylation is 1. The van der Waals surface area contributed by atoms with Crippen LogP contribution >= 0.6 is 50.7 Å². The molecule has 0 aliphatic rings. The predicted octanol–water partition coefficient (Wildman–Crippen LogP) is 5.81. The minimum atomic E-state index is 0.424. The molecule has 3 nitrogen and oxygen atoms in total. The molecule has 0 unspecified atom stereocenters. The van der Waals surface area contributed by atoms with Crippen LogP contribution in [0.4, 0.5) is 11.5 Å². The summed E-state index contributed by atoms with van der Waals surface area (Å²) in [7, 11) is 0. The maximum atomic E-state index is 6.21. The Kier molecular flexibility index (Phi) is 5.13. The molecule has 106 valence electrons. The van der Waals surface area contributed by atoms with Gasteiger partial charge in [-0.3, -0.25) is 0 Å². The first-order chi connectivity index (χ1) is 9.43. The largest absolute Gasteiger partial charge is 0.339 e. The first-order valence-corrected chi connectivity index (χ1v) is 7.80. The Hall–Kier alpha value is -0.550. The SMILES string of the molecule is CCc1nc(Cl)c(C)c(Nc2ccc(Br)c(Cl)c2Cl)n1. The quantitative estimate of drug-likeness (QED) is 0.526. The van der Waals surface area contributed by atoms with E-state index < -0.39 is 0 Å². The second-order valence-electron chi connectivity index (χ2n) is 4.11. The van der Waals surface area contributed by atoms with Gasteiger partial charge in [0.2, 0.25) is 0 Å². The number of anilines is 2. The van der Waals surface area contributed by atoms with E-state index in [1.807, 2.05) is 26.0 Å². The summed E-state index contributed by atoms with van der Waals surface area (Å²) >= 11 is 21.7. The highest BCUT2D eigenvalue weighted by Gasteiger charge is 2.13. The number of nitrogens with zero attached hydrogens (tertiary/aromatic N) is 2. The molecule has 0 spiro atoms. The third-order valence-electron chi connectivity index (χ3n) is 2.74. The van der Waals surface area contributed by atoms with Gasteiger partial charge in [0, 0.05) is 16.5 Å². The Morgan fingerprint density at radius 3 is 2.50 bits per heavy atom. The van der Waals surface area contributed by atoms with E-state index in [0.29, 0.717) is 38.9 Å². The fraction of sp³-hybridized carbons (Fsp3) is 0.231. The molecule has 0 aliphatic carbocycles. The fourth-order valence-corrected chi connectivity index (χ4v) is 2.57. The minimum Gasteiger partial charge on any atom is -0.339 e. The van der Waals surface area contributed by atoms with Gasteiger partial charge in [0.1, 0.15) is 16.8 Å². The molecular formula is C13H11BrCl3N3.